The number of anilines is 1. The van der Waals surface area contributed by atoms with Crippen LogP contribution in [0, 0.1) is 0 Å². The zero-order valence-corrected chi connectivity index (χ0v) is 20.6. The van der Waals surface area contributed by atoms with Crippen molar-refractivity contribution in [3.8, 4) is 11.5 Å². The van der Waals surface area contributed by atoms with Gasteiger partial charge in [-0.25, -0.2) is 9.78 Å². The van der Waals surface area contributed by atoms with Crippen LogP contribution in [-0.2, 0) is 20.7 Å². The quantitative estimate of drug-likeness (QED) is 0.358. The minimum Gasteiger partial charge on any atom is -0.468 e. The number of rotatable bonds is 7. The number of carbonyl (C=O) groups excluding carboxylic acids is 2. The van der Waals surface area contributed by atoms with Crippen LogP contribution in [0.15, 0.2) is 70.2 Å². The molecule has 0 spiro atoms. The fourth-order valence-electron chi connectivity index (χ4n) is 4.81. The number of para-hydroxylation sites is 1. The predicted molar refractivity (Wildman–Crippen MR) is 135 cm³/mol. The number of thioether (sulfide) groups is 1. The topological polar surface area (TPSA) is 75.9 Å². The Kier molecular flexibility index (Phi) is 6.92. The molecule has 35 heavy (non-hydrogen) atoms. The smallest absolute Gasteiger partial charge is 0.332 e. The Hall–Kier alpha value is -3.10. The van der Waals surface area contributed by atoms with Gasteiger partial charge in [-0.2, -0.15) is 0 Å². The first-order chi connectivity index (χ1) is 17.1. The highest BCUT2D eigenvalue weighted by Crippen LogP contribution is 2.47. The van der Waals surface area contributed by atoms with Crippen LogP contribution in [0.1, 0.15) is 25.0 Å². The third-order valence-corrected chi connectivity index (χ3v) is 8.04. The Morgan fingerprint density at radius 3 is 2.57 bits per heavy atom. The van der Waals surface area contributed by atoms with Crippen LogP contribution in [0.5, 0.6) is 0 Å². The van der Waals surface area contributed by atoms with Gasteiger partial charge in [0.1, 0.15) is 6.26 Å². The number of methoxy groups -OCH3 is 1. The highest BCUT2D eigenvalue weighted by molar-refractivity contribution is 8.02. The molecule has 1 aromatic heterocycles. The molecule has 8 heteroatoms. The molecule has 1 unspecified atom stereocenters. The lowest BCUT2D eigenvalue weighted by Crippen LogP contribution is -2.57. The second-order valence-corrected chi connectivity index (χ2v) is 10.3. The number of carbonyl (C=O) groups is 2. The van der Waals surface area contributed by atoms with Crippen molar-refractivity contribution in [2.75, 3.05) is 38.2 Å². The standard InChI is InChI=1S/C27H29N3O4S/c1-33-26(32)27(18-21-19-34-24(28-21)20-10-4-2-5-11-20)25(31)30(17-16-29-14-8-3-9-15-29)22-12-6-7-13-23(22)35-27/h2,4-7,10-13,19H,3,8-9,14-18H2,1H3. The second-order valence-electron chi connectivity index (χ2n) is 8.93. The SMILES string of the molecule is COC(=O)C1(Cc2coc(-c3ccccc3)n2)Sc2ccccc2N(CCN2CCCCC2)C1=O. The lowest BCUT2D eigenvalue weighted by atomic mass is 9.99. The zero-order valence-electron chi connectivity index (χ0n) is 19.8. The van der Waals surface area contributed by atoms with Gasteiger partial charge in [-0.1, -0.05) is 48.5 Å². The molecule has 1 amide bonds. The first kappa shape index (κ1) is 23.6. The normalized spacial score (nSPS) is 20.5. The van der Waals surface area contributed by atoms with E-state index in [4.69, 9.17) is 9.15 Å². The molecule has 2 aromatic carbocycles. The van der Waals surface area contributed by atoms with E-state index in [0.717, 1.165) is 35.8 Å². The van der Waals surface area contributed by atoms with E-state index in [1.807, 2.05) is 54.6 Å². The monoisotopic (exact) mass is 491 g/mol. The second kappa shape index (κ2) is 10.3. The molecular formula is C27H29N3O4S. The number of ether oxygens (including phenoxy) is 1. The van der Waals surface area contributed by atoms with Crippen molar-refractivity contribution in [1.82, 2.24) is 9.88 Å². The fourth-order valence-corrected chi connectivity index (χ4v) is 6.19. The molecule has 7 nitrogen and oxygen atoms in total. The number of oxazole rings is 1. The van der Waals surface area contributed by atoms with E-state index in [0.29, 0.717) is 18.1 Å². The first-order valence-electron chi connectivity index (χ1n) is 12.0. The van der Waals surface area contributed by atoms with Gasteiger partial charge in [-0.3, -0.25) is 4.79 Å². The van der Waals surface area contributed by atoms with Crippen molar-refractivity contribution in [3.05, 3.63) is 66.6 Å². The minimum absolute atomic E-state index is 0.0774. The van der Waals surface area contributed by atoms with Crippen LogP contribution in [0.2, 0.25) is 0 Å². The van der Waals surface area contributed by atoms with Crippen LogP contribution in [-0.4, -0.2) is 59.8 Å². The van der Waals surface area contributed by atoms with Crippen LogP contribution < -0.4 is 4.90 Å². The van der Waals surface area contributed by atoms with E-state index in [-0.39, 0.29) is 12.3 Å². The number of aromatic nitrogens is 1. The number of hydrogen-bond acceptors (Lipinski definition) is 7. The Morgan fingerprint density at radius 1 is 1.06 bits per heavy atom. The summed E-state index contributed by atoms with van der Waals surface area (Å²) in [6, 6.07) is 17.3. The molecule has 2 aliphatic rings. The molecule has 0 bridgehead atoms. The van der Waals surface area contributed by atoms with Crippen molar-refractivity contribution in [3.63, 3.8) is 0 Å². The van der Waals surface area contributed by atoms with E-state index in [1.54, 1.807) is 4.90 Å². The molecule has 0 radical (unpaired) electrons. The summed E-state index contributed by atoms with van der Waals surface area (Å²) in [5.74, 6) is -0.389. The number of piperidine rings is 1. The van der Waals surface area contributed by atoms with E-state index >= 15 is 0 Å². The summed E-state index contributed by atoms with van der Waals surface area (Å²) in [6.45, 7) is 3.37. The molecule has 1 fully saturated rings. The van der Waals surface area contributed by atoms with Gasteiger partial charge in [0, 0.05) is 30.0 Å². The lowest BCUT2D eigenvalue weighted by molar-refractivity contribution is -0.147. The third-order valence-electron chi connectivity index (χ3n) is 6.64. The molecule has 182 valence electrons. The zero-order chi connectivity index (χ0) is 24.3. The van der Waals surface area contributed by atoms with Gasteiger partial charge in [0.2, 0.25) is 10.6 Å². The number of fused-ring (bicyclic) bond motifs is 1. The third kappa shape index (κ3) is 4.73. The van der Waals surface area contributed by atoms with E-state index in [1.165, 1.54) is 44.4 Å². The van der Waals surface area contributed by atoms with Crippen LogP contribution in [0.4, 0.5) is 5.69 Å². The Balaban J connectivity index is 1.47. The molecule has 1 atom stereocenters. The molecular weight excluding hydrogens is 462 g/mol. The molecule has 0 N–H and O–H groups in total. The van der Waals surface area contributed by atoms with E-state index < -0.39 is 10.7 Å². The molecule has 0 saturated carbocycles. The predicted octanol–water partition coefficient (Wildman–Crippen LogP) is 4.42. The maximum atomic E-state index is 14.1. The number of likely N-dealkylation sites (tertiary alicyclic amines) is 1. The number of benzene rings is 2. The maximum Gasteiger partial charge on any atom is 0.332 e. The average Bonchev–Trinajstić information content (AvgIpc) is 3.37. The molecule has 3 aromatic rings. The first-order valence-corrected chi connectivity index (χ1v) is 12.8. The molecule has 1 saturated heterocycles. The average molecular weight is 492 g/mol. The van der Waals surface area contributed by atoms with Gasteiger partial charge >= 0.3 is 5.97 Å². The summed E-state index contributed by atoms with van der Waals surface area (Å²) < 4.78 is 9.44. The largest absolute Gasteiger partial charge is 0.468 e. The van der Waals surface area contributed by atoms with Crippen LogP contribution in [0.25, 0.3) is 11.5 Å². The molecule has 2 aliphatic heterocycles. The van der Waals surface area contributed by atoms with Gasteiger partial charge in [-0.15, -0.1) is 0 Å². The van der Waals surface area contributed by atoms with Crippen LogP contribution in [0.3, 0.4) is 0 Å². The number of esters is 1. The van der Waals surface area contributed by atoms with E-state index in [2.05, 4.69) is 9.88 Å². The Labute approximate surface area is 209 Å². The van der Waals surface area contributed by atoms with E-state index in [9.17, 15) is 9.59 Å². The van der Waals surface area contributed by atoms with Crippen molar-refractivity contribution in [1.29, 1.82) is 0 Å². The summed E-state index contributed by atoms with van der Waals surface area (Å²) in [5, 5.41) is 0. The van der Waals surface area contributed by atoms with Crippen LogP contribution >= 0.6 is 11.8 Å². The summed E-state index contributed by atoms with van der Waals surface area (Å²) in [5.41, 5.74) is 2.21. The minimum atomic E-state index is -1.48. The molecule has 3 heterocycles. The highest BCUT2D eigenvalue weighted by Gasteiger charge is 2.54. The van der Waals surface area contributed by atoms with Crippen molar-refractivity contribution < 1.29 is 18.7 Å². The number of nitrogens with zero attached hydrogens (tertiary/aromatic N) is 3. The molecule has 0 aliphatic carbocycles. The lowest BCUT2D eigenvalue weighted by Gasteiger charge is -2.40. The van der Waals surface area contributed by atoms with Crippen molar-refractivity contribution in [2.45, 2.75) is 35.3 Å². The number of amides is 1. The Morgan fingerprint density at radius 2 is 1.80 bits per heavy atom. The molecule has 5 rings (SSSR count). The Bertz CT molecular complexity index is 1190. The summed E-state index contributed by atoms with van der Waals surface area (Å²) in [6.07, 6.45) is 5.23. The summed E-state index contributed by atoms with van der Waals surface area (Å²) in [7, 11) is 1.33. The number of hydrogen-bond donors (Lipinski definition) is 0. The van der Waals surface area contributed by atoms with Gasteiger partial charge in [0.15, 0.2) is 0 Å². The highest BCUT2D eigenvalue weighted by atomic mass is 32.2. The maximum absolute atomic E-state index is 14.1. The fraction of sp³-hybridized carbons (Fsp3) is 0.370. The van der Waals surface area contributed by atoms with Gasteiger partial charge in [-0.05, 0) is 50.2 Å². The summed E-state index contributed by atoms with van der Waals surface area (Å²) >= 11 is 1.25. The van der Waals surface area contributed by atoms with Crippen molar-refractivity contribution in [2.24, 2.45) is 0 Å². The van der Waals surface area contributed by atoms with Crippen molar-refractivity contribution >= 4 is 29.3 Å². The van der Waals surface area contributed by atoms with Gasteiger partial charge in [0.05, 0.1) is 18.5 Å². The van der Waals surface area contributed by atoms with Gasteiger partial charge in [0.25, 0.3) is 5.91 Å². The summed E-state index contributed by atoms with van der Waals surface area (Å²) in [4.78, 5) is 37.0. The van der Waals surface area contributed by atoms with Gasteiger partial charge < -0.3 is 19.0 Å².